The van der Waals surface area contributed by atoms with Gasteiger partial charge in [0, 0.05) is 12.0 Å². The number of carbonyl (C=O) groups excluding carboxylic acids is 1. The molecule has 0 heterocycles. The van der Waals surface area contributed by atoms with E-state index < -0.39 is 17.4 Å². The first-order valence-electron chi connectivity index (χ1n) is 6.44. The molecule has 21 heavy (non-hydrogen) atoms. The molecule has 0 aliphatic carbocycles. The van der Waals surface area contributed by atoms with Crippen LogP contribution in [0.5, 0.6) is 11.5 Å². The van der Waals surface area contributed by atoms with Crippen LogP contribution in [0.3, 0.4) is 0 Å². The van der Waals surface area contributed by atoms with Gasteiger partial charge in [-0.15, -0.1) is 0 Å². The smallest absolute Gasteiger partial charge is 0.329 e. The van der Waals surface area contributed by atoms with Gasteiger partial charge in [-0.3, -0.25) is 4.79 Å². The van der Waals surface area contributed by atoms with Gasteiger partial charge in [0.2, 0.25) is 5.91 Å². The van der Waals surface area contributed by atoms with Crippen LogP contribution in [0.2, 0.25) is 0 Å². The number of amides is 1. The lowest BCUT2D eigenvalue weighted by atomic mass is 9.87. The lowest BCUT2D eigenvalue weighted by molar-refractivity contribution is -0.147. The largest absolute Gasteiger partial charge is 0.504 e. The molecule has 6 heteroatoms. The van der Waals surface area contributed by atoms with E-state index in [4.69, 9.17) is 0 Å². The fourth-order valence-corrected chi connectivity index (χ4v) is 1.89. The second-order valence-corrected chi connectivity index (χ2v) is 4.98. The molecular formula is C15H19NO5. The van der Waals surface area contributed by atoms with Crippen molar-refractivity contribution in [1.29, 1.82) is 0 Å². The summed E-state index contributed by atoms with van der Waals surface area (Å²) in [5.74, 6) is -2.34. The number of phenolic OH excluding ortho intramolecular Hbond substituents is 2. The van der Waals surface area contributed by atoms with Crippen LogP contribution in [0.25, 0.3) is 0 Å². The number of benzene rings is 1. The van der Waals surface area contributed by atoms with Gasteiger partial charge in [-0.05, 0) is 31.0 Å². The third-order valence-corrected chi connectivity index (χ3v) is 3.30. The van der Waals surface area contributed by atoms with Crippen LogP contribution in [-0.4, -0.2) is 32.7 Å². The number of aliphatic carboxylic acids is 1. The highest BCUT2D eigenvalue weighted by molar-refractivity contribution is 5.96. The predicted molar refractivity (Wildman–Crippen MR) is 77.1 cm³/mol. The number of aromatic hydroxyl groups is 2. The Bertz CT molecular complexity index is 581. The van der Waals surface area contributed by atoms with E-state index in [0.29, 0.717) is 5.56 Å². The minimum Gasteiger partial charge on any atom is -0.504 e. The summed E-state index contributed by atoms with van der Waals surface area (Å²) in [4.78, 5) is 23.4. The molecule has 0 aliphatic heterocycles. The first kappa shape index (κ1) is 16.6. The van der Waals surface area contributed by atoms with E-state index in [9.17, 15) is 24.9 Å². The Morgan fingerprint density at radius 1 is 1.29 bits per heavy atom. The molecule has 0 saturated carbocycles. The van der Waals surface area contributed by atoms with Gasteiger partial charge in [0.25, 0.3) is 0 Å². The van der Waals surface area contributed by atoms with Crippen LogP contribution in [0.1, 0.15) is 25.8 Å². The van der Waals surface area contributed by atoms with E-state index in [1.807, 2.05) is 0 Å². The van der Waals surface area contributed by atoms with Gasteiger partial charge in [0.05, 0.1) is 0 Å². The van der Waals surface area contributed by atoms with Gasteiger partial charge in [0.15, 0.2) is 11.5 Å². The lowest BCUT2D eigenvalue weighted by Gasteiger charge is -2.29. The van der Waals surface area contributed by atoms with Crippen LogP contribution < -0.4 is 5.32 Å². The summed E-state index contributed by atoms with van der Waals surface area (Å²) >= 11 is 0. The van der Waals surface area contributed by atoms with Crippen molar-refractivity contribution in [2.75, 3.05) is 0 Å². The van der Waals surface area contributed by atoms with E-state index in [1.165, 1.54) is 25.1 Å². The van der Waals surface area contributed by atoms with E-state index in [0.717, 1.165) is 0 Å². The van der Waals surface area contributed by atoms with Crippen molar-refractivity contribution in [3.05, 3.63) is 35.9 Å². The van der Waals surface area contributed by atoms with Crippen LogP contribution in [0.4, 0.5) is 0 Å². The van der Waals surface area contributed by atoms with Gasteiger partial charge >= 0.3 is 5.97 Å². The SMILES string of the molecule is C=C(C)C(=O)NC(CC)(Cc1ccc(O)c(O)c1)C(=O)O. The zero-order valence-electron chi connectivity index (χ0n) is 12.0. The number of rotatable bonds is 6. The summed E-state index contributed by atoms with van der Waals surface area (Å²) in [6.07, 6.45) is 0.134. The minimum atomic E-state index is -1.50. The number of carbonyl (C=O) groups is 2. The quantitative estimate of drug-likeness (QED) is 0.470. The summed E-state index contributed by atoms with van der Waals surface area (Å²) in [5.41, 5.74) is -0.807. The number of nitrogens with one attached hydrogen (secondary N) is 1. The molecular weight excluding hydrogens is 274 g/mol. The van der Waals surface area contributed by atoms with Crippen molar-refractivity contribution < 1.29 is 24.9 Å². The average molecular weight is 293 g/mol. The zero-order chi connectivity index (χ0) is 16.2. The Hall–Kier alpha value is -2.50. The maximum atomic E-state index is 11.8. The number of carboxylic acids is 1. The minimum absolute atomic E-state index is 0.0221. The molecule has 1 atom stereocenters. The molecule has 0 aromatic heterocycles. The molecule has 1 unspecified atom stereocenters. The Morgan fingerprint density at radius 2 is 1.90 bits per heavy atom. The van der Waals surface area contributed by atoms with Gasteiger partial charge < -0.3 is 20.6 Å². The Labute approximate surface area is 122 Å². The highest BCUT2D eigenvalue weighted by Crippen LogP contribution is 2.28. The maximum absolute atomic E-state index is 11.8. The molecule has 6 nitrogen and oxygen atoms in total. The molecule has 0 saturated heterocycles. The first-order chi connectivity index (χ1) is 9.71. The topological polar surface area (TPSA) is 107 Å². The number of phenols is 2. The van der Waals surface area contributed by atoms with Crippen molar-refractivity contribution in [1.82, 2.24) is 5.32 Å². The number of hydrogen-bond acceptors (Lipinski definition) is 4. The lowest BCUT2D eigenvalue weighted by Crippen LogP contribution is -2.55. The Balaban J connectivity index is 3.12. The third kappa shape index (κ3) is 3.75. The molecule has 0 fully saturated rings. The molecule has 114 valence electrons. The average Bonchev–Trinajstić information content (AvgIpc) is 2.41. The van der Waals surface area contributed by atoms with E-state index in [2.05, 4.69) is 11.9 Å². The van der Waals surface area contributed by atoms with Crippen molar-refractivity contribution in [3.63, 3.8) is 0 Å². The molecule has 1 amide bonds. The molecule has 4 N–H and O–H groups in total. The Morgan fingerprint density at radius 3 is 2.33 bits per heavy atom. The molecule has 0 radical (unpaired) electrons. The van der Waals surface area contributed by atoms with Crippen molar-refractivity contribution in [3.8, 4) is 11.5 Å². The van der Waals surface area contributed by atoms with E-state index >= 15 is 0 Å². The molecule has 0 aliphatic rings. The van der Waals surface area contributed by atoms with Gasteiger partial charge in [-0.25, -0.2) is 4.79 Å². The van der Waals surface area contributed by atoms with E-state index in [-0.39, 0.29) is 29.9 Å². The number of carboxylic acid groups (broad SMARTS) is 1. The van der Waals surface area contributed by atoms with Crippen LogP contribution in [-0.2, 0) is 16.0 Å². The van der Waals surface area contributed by atoms with Crippen molar-refractivity contribution in [2.45, 2.75) is 32.2 Å². The number of hydrogen-bond donors (Lipinski definition) is 4. The summed E-state index contributed by atoms with van der Waals surface area (Å²) < 4.78 is 0. The predicted octanol–water partition coefficient (Wildman–Crippen LogP) is 1.57. The second-order valence-electron chi connectivity index (χ2n) is 4.98. The summed E-state index contributed by atoms with van der Waals surface area (Å²) in [6, 6.07) is 4.04. The highest BCUT2D eigenvalue weighted by atomic mass is 16.4. The molecule has 0 bridgehead atoms. The van der Waals surface area contributed by atoms with Crippen molar-refractivity contribution in [2.24, 2.45) is 0 Å². The Kier molecular flexibility index (Phi) is 4.97. The van der Waals surface area contributed by atoms with Gasteiger partial charge in [-0.1, -0.05) is 19.6 Å². The molecule has 1 aromatic carbocycles. The van der Waals surface area contributed by atoms with Crippen LogP contribution in [0.15, 0.2) is 30.4 Å². The standard InChI is InChI=1S/C15H19NO5/c1-4-15(14(20)21,16-13(19)9(2)3)8-10-5-6-11(17)12(18)7-10/h5-7,17-18H,2,4,8H2,1,3H3,(H,16,19)(H,20,21). The first-order valence-corrected chi connectivity index (χ1v) is 6.44. The van der Waals surface area contributed by atoms with Gasteiger partial charge in [0.1, 0.15) is 5.54 Å². The van der Waals surface area contributed by atoms with Crippen LogP contribution in [0, 0.1) is 0 Å². The summed E-state index contributed by atoms with van der Waals surface area (Å²) in [6.45, 7) is 6.62. The monoisotopic (exact) mass is 293 g/mol. The third-order valence-electron chi connectivity index (χ3n) is 3.30. The van der Waals surface area contributed by atoms with E-state index in [1.54, 1.807) is 6.92 Å². The van der Waals surface area contributed by atoms with Crippen LogP contribution >= 0.6 is 0 Å². The molecule has 1 aromatic rings. The van der Waals surface area contributed by atoms with Crippen molar-refractivity contribution >= 4 is 11.9 Å². The maximum Gasteiger partial charge on any atom is 0.329 e. The molecule has 0 spiro atoms. The zero-order valence-corrected chi connectivity index (χ0v) is 12.0. The molecule has 1 rings (SSSR count). The normalized spacial score (nSPS) is 13.2. The van der Waals surface area contributed by atoms with Gasteiger partial charge in [-0.2, -0.15) is 0 Å². The second kappa shape index (κ2) is 6.30. The summed E-state index contributed by atoms with van der Waals surface area (Å²) in [7, 11) is 0. The highest BCUT2D eigenvalue weighted by Gasteiger charge is 2.38. The fraction of sp³-hybridized carbons (Fsp3) is 0.333. The summed E-state index contributed by atoms with van der Waals surface area (Å²) in [5, 5.41) is 30.7. The fourth-order valence-electron chi connectivity index (χ4n) is 1.89.